The summed E-state index contributed by atoms with van der Waals surface area (Å²) in [5.74, 6) is -1.12. The van der Waals surface area contributed by atoms with E-state index in [4.69, 9.17) is 5.11 Å². The van der Waals surface area contributed by atoms with Gasteiger partial charge in [-0.1, -0.05) is 0 Å². The first-order chi connectivity index (χ1) is 6.29. The van der Waals surface area contributed by atoms with Crippen LogP contribution in [0.2, 0.25) is 0 Å². The molecule has 1 aromatic heterocycles. The number of alkyl halides is 3. The van der Waals surface area contributed by atoms with Crippen molar-refractivity contribution in [3.05, 3.63) is 11.9 Å². The largest absolute Gasteiger partial charge is 0.504 e. The number of nitrogens with zero attached hydrogens (tertiary/aromatic N) is 2. The van der Waals surface area contributed by atoms with E-state index in [1.807, 2.05) is 0 Å². The molecule has 1 N–H and O–H groups in total. The maximum atomic E-state index is 11.9. The summed E-state index contributed by atoms with van der Waals surface area (Å²) in [4.78, 5) is 10.7. The van der Waals surface area contributed by atoms with Gasteiger partial charge in [0.05, 0.1) is 6.20 Å². The average molecular weight is 208 g/mol. The Bertz CT molecular complexity index is 356. The zero-order valence-electron chi connectivity index (χ0n) is 7.17. The fraction of sp³-hybridized carbons (Fsp3) is 0.429. The number of halogens is 3. The predicted molar refractivity (Wildman–Crippen MR) is 40.0 cm³/mol. The van der Waals surface area contributed by atoms with E-state index in [0.29, 0.717) is 4.68 Å². The highest BCUT2D eigenvalue weighted by molar-refractivity contribution is 5.94. The molecule has 0 aliphatic heterocycles. The van der Waals surface area contributed by atoms with Gasteiger partial charge in [-0.3, -0.25) is 9.48 Å². The van der Waals surface area contributed by atoms with Crippen molar-refractivity contribution >= 4 is 5.78 Å². The Balaban J connectivity index is 2.92. The van der Waals surface area contributed by atoms with Gasteiger partial charge in [0.25, 0.3) is 0 Å². The van der Waals surface area contributed by atoms with E-state index in [2.05, 4.69) is 5.10 Å². The minimum Gasteiger partial charge on any atom is -0.504 e. The molecule has 78 valence electrons. The molecule has 7 heteroatoms. The molecule has 0 aromatic carbocycles. The van der Waals surface area contributed by atoms with Crippen molar-refractivity contribution in [3.63, 3.8) is 0 Å². The lowest BCUT2D eigenvalue weighted by Gasteiger charge is -2.04. The first-order valence-electron chi connectivity index (χ1n) is 3.63. The zero-order chi connectivity index (χ0) is 10.9. The van der Waals surface area contributed by atoms with Crippen molar-refractivity contribution in [1.82, 2.24) is 9.78 Å². The van der Waals surface area contributed by atoms with Gasteiger partial charge in [-0.05, 0) is 0 Å². The molecule has 0 saturated carbocycles. The van der Waals surface area contributed by atoms with Gasteiger partial charge in [-0.2, -0.15) is 18.3 Å². The fourth-order valence-electron chi connectivity index (χ4n) is 0.926. The van der Waals surface area contributed by atoms with Crippen molar-refractivity contribution in [1.29, 1.82) is 0 Å². The minimum absolute atomic E-state index is 0.353. The quantitative estimate of drug-likeness (QED) is 0.746. The zero-order valence-corrected chi connectivity index (χ0v) is 7.17. The Morgan fingerprint density at radius 3 is 2.57 bits per heavy atom. The number of rotatable bonds is 2. The summed E-state index contributed by atoms with van der Waals surface area (Å²) in [5.41, 5.74) is -0.353. The Labute approximate surface area is 77.0 Å². The third-order valence-electron chi connectivity index (χ3n) is 1.42. The maximum absolute atomic E-state index is 11.9. The van der Waals surface area contributed by atoms with Crippen LogP contribution in [0.3, 0.4) is 0 Å². The van der Waals surface area contributed by atoms with E-state index in [9.17, 15) is 18.0 Å². The summed E-state index contributed by atoms with van der Waals surface area (Å²) in [6, 6.07) is 0. The number of Topliss-reactive ketones (excluding diaryl/α,β-unsaturated/α-hetero) is 1. The van der Waals surface area contributed by atoms with Crippen molar-refractivity contribution in [3.8, 4) is 5.75 Å². The highest BCUT2D eigenvalue weighted by atomic mass is 19.4. The summed E-state index contributed by atoms with van der Waals surface area (Å²) in [6.45, 7) is -0.214. The van der Waals surface area contributed by atoms with Crippen LogP contribution in [-0.2, 0) is 6.54 Å². The molecule has 0 atom stereocenters. The van der Waals surface area contributed by atoms with Crippen LogP contribution in [0.1, 0.15) is 17.4 Å². The second-order valence-electron chi connectivity index (χ2n) is 2.73. The summed E-state index contributed by atoms with van der Waals surface area (Å²) in [5, 5.41) is 12.3. The number of aromatic nitrogens is 2. The van der Waals surface area contributed by atoms with Gasteiger partial charge in [0, 0.05) is 6.92 Å². The van der Waals surface area contributed by atoms with Crippen molar-refractivity contribution in [2.45, 2.75) is 19.6 Å². The molecule has 14 heavy (non-hydrogen) atoms. The number of carbonyl (C=O) groups excluding carboxylic acids is 1. The molecule has 1 heterocycles. The molecule has 0 unspecified atom stereocenters. The van der Waals surface area contributed by atoms with Crippen molar-refractivity contribution in [2.75, 3.05) is 0 Å². The molecule has 0 radical (unpaired) electrons. The molecule has 1 aromatic rings. The highest BCUT2D eigenvalue weighted by Gasteiger charge is 2.29. The first kappa shape index (κ1) is 10.6. The van der Waals surface area contributed by atoms with Crippen LogP contribution in [0.15, 0.2) is 6.20 Å². The molecule has 0 spiro atoms. The van der Waals surface area contributed by atoms with Crippen LogP contribution in [0.5, 0.6) is 5.75 Å². The predicted octanol–water partition coefficient (Wildman–Crippen LogP) is 1.35. The number of carbonyl (C=O) groups is 1. The average Bonchev–Trinajstić information content (AvgIpc) is 2.26. The van der Waals surface area contributed by atoms with E-state index in [1.54, 1.807) is 0 Å². The van der Waals surface area contributed by atoms with Gasteiger partial charge < -0.3 is 5.11 Å². The molecule has 0 aliphatic carbocycles. The molecule has 4 nitrogen and oxygen atoms in total. The molecule has 1 rings (SSSR count). The van der Waals surface area contributed by atoms with E-state index >= 15 is 0 Å². The van der Waals surface area contributed by atoms with Gasteiger partial charge in [-0.25, -0.2) is 0 Å². The van der Waals surface area contributed by atoms with E-state index in [-0.39, 0.29) is 5.69 Å². The molecule has 0 bridgehead atoms. The molecule has 0 fully saturated rings. The van der Waals surface area contributed by atoms with E-state index in [0.717, 1.165) is 13.1 Å². The number of ketones is 1. The fourth-order valence-corrected chi connectivity index (χ4v) is 0.926. The Morgan fingerprint density at radius 2 is 2.21 bits per heavy atom. The number of aromatic hydroxyl groups is 1. The van der Waals surface area contributed by atoms with Gasteiger partial charge in [0.15, 0.2) is 17.2 Å². The second-order valence-corrected chi connectivity index (χ2v) is 2.73. The Morgan fingerprint density at radius 1 is 1.64 bits per heavy atom. The van der Waals surface area contributed by atoms with Gasteiger partial charge in [0.1, 0.15) is 6.54 Å². The van der Waals surface area contributed by atoms with Crippen LogP contribution < -0.4 is 0 Å². The van der Waals surface area contributed by atoms with E-state index < -0.39 is 24.3 Å². The van der Waals surface area contributed by atoms with E-state index in [1.165, 1.54) is 0 Å². The SMILES string of the molecule is CC(=O)c1nn(CC(F)(F)F)cc1O. The first-order valence-corrected chi connectivity index (χ1v) is 3.63. The highest BCUT2D eigenvalue weighted by Crippen LogP contribution is 2.20. The summed E-state index contributed by atoms with van der Waals surface area (Å²) in [7, 11) is 0. The Kier molecular flexibility index (Phi) is 2.50. The summed E-state index contributed by atoms with van der Waals surface area (Å²) >= 11 is 0. The normalized spacial score (nSPS) is 11.7. The Hall–Kier alpha value is -1.53. The van der Waals surface area contributed by atoms with Crippen molar-refractivity contribution < 1.29 is 23.1 Å². The van der Waals surface area contributed by atoms with Gasteiger partial charge in [-0.15, -0.1) is 0 Å². The minimum atomic E-state index is -4.42. The van der Waals surface area contributed by atoms with Crippen LogP contribution in [0.25, 0.3) is 0 Å². The van der Waals surface area contributed by atoms with Gasteiger partial charge in [0.2, 0.25) is 0 Å². The lowest BCUT2D eigenvalue weighted by atomic mass is 10.3. The molecule has 0 amide bonds. The van der Waals surface area contributed by atoms with Crippen LogP contribution >= 0.6 is 0 Å². The lowest BCUT2D eigenvalue weighted by molar-refractivity contribution is -0.142. The van der Waals surface area contributed by atoms with Crippen molar-refractivity contribution in [2.24, 2.45) is 0 Å². The molecular weight excluding hydrogens is 201 g/mol. The molecule has 0 saturated heterocycles. The van der Waals surface area contributed by atoms with Crippen LogP contribution in [-0.4, -0.2) is 26.8 Å². The molecule has 0 aliphatic rings. The topological polar surface area (TPSA) is 55.1 Å². The standard InChI is InChI=1S/C7H7F3N2O2/c1-4(13)6-5(14)2-12(11-6)3-7(8,9)10/h2,14H,3H2,1H3. The summed E-state index contributed by atoms with van der Waals surface area (Å²) < 4.78 is 36.0. The maximum Gasteiger partial charge on any atom is 0.408 e. The van der Waals surface area contributed by atoms with Gasteiger partial charge >= 0.3 is 6.18 Å². The smallest absolute Gasteiger partial charge is 0.408 e. The molecular formula is C7H7F3N2O2. The monoisotopic (exact) mass is 208 g/mol. The summed E-state index contributed by atoms with van der Waals surface area (Å²) in [6.07, 6.45) is -3.66. The van der Waals surface area contributed by atoms with Crippen LogP contribution in [0.4, 0.5) is 13.2 Å². The third kappa shape index (κ3) is 2.48. The van der Waals surface area contributed by atoms with Crippen LogP contribution in [0, 0.1) is 0 Å². The second kappa shape index (κ2) is 3.32. The number of hydrogen-bond acceptors (Lipinski definition) is 3. The lowest BCUT2D eigenvalue weighted by Crippen LogP contribution is -2.18. The number of hydrogen-bond donors (Lipinski definition) is 1. The third-order valence-corrected chi connectivity index (χ3v) is 1.42.